The molecule has 1 aromatic heterocycles. The second-order valence-electron chi connectivity index (χ2n) is 5.71. The maximum atomic E-state index is 12.0. The van der Waals surface area contributed by atoms with Gasteiger partial charge in [0.1, 0.15) is 5.75 Å². The minimum absolute atomic E-state index is 0.126. The number of halogens is 2. The number of benzene rings is 1. The maximum absolute atomic E-state index is 12.0. The minimum Gasteiger partial charge on any atom is -0.482 e. The van der Waals surface area contributed by atoms with Gasteiger partial charge in [0, 0.05) is 10.7 Å². The van der Waals surface area contributed by atoms with Gasteiger partial charge in [0.05, 0.1) is 16.4 Å². The fraction of sp³-hybridized carbons (Fsp3) is 0.278. The molecule has 0 bridgehead atoms. The monoisotopic (exact) mass is 467 g/mol. The summed E-state index contributed by atoms with van der Waals surface area (Å²) in [6.07, 6.45) is 3.14. The molecule has 0 aliphatic rings. The van der Waals surface area contributed by atoms with Crippen LogP contribution in [0.15, 0.2) is 44.5 Å². The first-order valence-electron chi connectivity index (χ1n) is 7.74. The zero-order valence-corrected chi connectivity index (χ0v) is 17.4. The predicted octanol–water partition coefficient (Wildman–Crippen LogP) is 4.57. The summed E-state index contributed by atoms with van der Waals surface area (Å²) in [7, 11) is 0. The summed E-state index contributed by atoms with van der Waals surface area (Å²) in [5, 5.41) is 3.88. The van der Waals surface area contributed by atoms with Crippen molar-refractivity contribution >= 4 is 44.0 Å². The number of hydrogen-bond donors (Lipinski definition) is 1. The highest BCUT2D eigenvalue weighted by Gasteiger charge is 2.17. The van der Waals surface area contributed by atoms with Crippen LogP contribution in [-0.4, -0.2) is 23.7 Å². The van der Waals surface area contributed by atoms with Gasteiger partial charge < -0.3 is 4.74 Å². The summed E-state index contributed by atoms with van der Waals surface area (Å²) in [5.74, 6) is 0.599. The molecule has 0 unspecified atom stereocenters. The second-order valence-corrected chi connectivity index (χ2v) is 7.35. The van der Waals surface area contributed by atoms with E-state index in [0.29, 0.717) is 11.4 Å². The molecule has 0 saturated carbocycles. The third-order valence-corrected chi connectivity index (χ3v) is 5.25. The number of amides is 1. The SMILES string of the molecule is Cc1c(Br)cc(C(C)C)c(OCC(=O)NN=Cc2ccccn2)c1Br. The number of rotatable bonds is 6. The quantitative estimate of drug-likeness (QED) is 0.499. The molecule has 132 valence electrons. The first kappa shape index (κ1) is 19.6. The van der Waals surface area contributed by atoms with Crippen LogP contribution in [0.2, 0.25) is 0 Å². The van der Waals surface area contributed by atoms with Crippen molar-refractivity contribution in [3.8, 4) is 5.75 Å². The molecule has 1 aromatic carbocycles. The van der Waals surface area contributed by atoms with Crippen molar-refractivity contribution in [2.75, 3.05) is 6.61 Å². The normalized spacial score (nSPS) is 11.1. The predicted molar refractivity (Wildman–Crippen MR) is 106 cm³/mol. The molecule has 0 fully saturated rings. The lowest BCUT2D eigenvalue weighted by Gasteiger charge is -2.18. The standard InChI is InChI=1S/C18H19Br2N3O2/c1-11(2)14-8-15(19)12(3)17(20)18(14)25-10-16(24)23-22-9-13-6-4-5-7-21-13/h4-9,11H,10H2,1-3H3,(H,23,24). The van der Waals surface area contributed by atoms with E-state index in [0.717, 1.165) is 20.1 Å². The molecule has 0 aliphatic heterocycles. The largest absolute Gasteiger partial charge is 0.482 e. The Bertz CT molecular complexity index is 778. The van der Waals surface area contributed by atoms with Crippen molar-refractivity contribution in [1.29, 1.82) is 0 Å². The summed E-state index contributed by atoms with van der Waals surface area (Å²) >= 11 is 7.10. The highest BCUT2D eigenvalue weighted by molar-refractivity contribution is 9.11. The lowest BCUT2D eigenvalue weighted by molar-refractivity contribution is -0.123. The number of nitrogens with zero attached hydrogens (tertiary/aromatic N) is 2. The number of carbonyl (C=O) groups is 1. The van der Waals surface area contributed by atoms with E-state index in [1.165, 1.54) is 6.21 Å². The van der Waals surface area contributed by atoms with Crippen LogP contribution in [-0.2, 0) is 4.79 Å². The first-order valence-corrected chi connectivity index (χ1v) is 9.33. The van der Waals surface area contributed by atoms with E-state index in [9.17, 15) is 4.79 Å². The van der Waals surface area contributed by atoms with Crippen LogP contribution in [0.1, 0.15) is 36.6 Å². The summed E-state index contributed by atoms with van der Waals surface area (Å²) in [5.41, 5.74) is 5.14. The molecule has 7 heteroatoms. The van der Waals surface area contributed by atoms with Gasteiger partial charge in [-0.2, -0.15) is 5.10 Å². The van der Waals surface area contributed by atoms with Crippen molar-refractivity contribution in [2.45, 2.75) is 26.7 Å². The molecule has 0 saturated heterocycles. The second kappa shape index (κ2) is 9.10. The Labute approximate surface area is 164 Å². The van der Waals surface area contributed by atoms with Crippen LogP contribution in [0, 0.1) is 6.92 Å². The van der Waals surface area contributed by atoms with E-state index < -0.39 is 0 Å². The molecule has 0 radical (unpaired) electrons. The Kier molecular flexibility index (Phi) is 7.13. The lowest BCUT2D eigenvalue weighted by Crippen LogP contribution is -2.25. The topological polar surface area (TPSA) is 63.6 Å². The highest BCUT2D eigenvalue weighted by atomic mass is 79.9. The average molecular weight is 469 g/mol. The Morgan fingerprint density at radius 1 is 1.40 bits per heavy atom. The van der Waals surface area contributed by atoms with Gasteiger partial charge in [-0.25, -0.2) is 5.43 Å². The Morgan fingerprint density at radius 2 is 2.16 bits per heavy atom. The molecule has 25 heavy (non-hydrogen) atoms. The zero-order valence-electron chi connectivity index (χ0n) is 14.2. The first-order chi connectivity index (χ1) is 11.9. The van der Waals surface area contributed by atoms with Crippen LogP contribution in [0.4, 0.5) is 0 Å². The molecule has 1 heterocycles. The van der Waals surface area contributed by atoms with Gasteiger partial charge >= 0.3 is 0 Å². The molecular formula is C18H19Br2N3O2. The smallest absolute Gasteiger partial charge is 0.277 e. The van der Waals surface area contributed by atoms with Gasteiger partial charge in [-0.05, 0) is 58.1 Å². The lowest BCUT2D eigenvalue weighted by atomic mass is 10.0. The summed E-state index contributed by atoms with van der Waals surface area (Å²) in [6.45, 7) is 6.00. The summed E-state index contributed by atoms with van der Waals surface area (Å²) in [6, 6.07) is 7.48. The molecule has 0 atom stereocenters. The molecule has 1 N–H and O–H groups in total. The zero-order chi connectivity index (χ0) is 18.4. The van der Waals surface area contributed by atoms with Crippen molar-refractivity contribution in [2.24, 2.45) is 5.10 Å². The third-order valence-electron chi connectivity index (χ3n) is 3.47. The van der Waals surface area contributed by atoms with Crippen molar-refractivity contribution in [3.63, 3.8) is 0 Å². The molecule has 5 nitrogen and oxygen atoms in total. The van der Waals surface area contributed by atoms with Gasteiger partial charge in [-0.1, -0.05) is 35.8 Å². The molecule has 0 aliphatic carbocycles. The van der Waals surface area contributed by atoms with Gasteiger partial charge in [-0.15, -0.1) is 0 Å². The van der Waals surface area contributed by atoms with E-state index in [-0.39, 0.29) is 18.4 Å². The molecule has 2 aromatic rings. The summed E-state index contributed by atoms with van der Waals surface area (Å²) in [4.78, 5) is 16.0. The maximum Gasteiger partial charge on any atom is 0.277 e. The van der Waals surface area contributed by atoms with Crippen LogP contribution in [0.25, 0.3) is 0 Å². The number of hydrazone groups is 1. The third kappa shape index (κ3) is 5.37. The number of aromatic nitrogens is 1. The molecule has 1 amide bonds. The number of carbonyl (C=O) groups excluding carboxylic acids is 1. The fourth-order valence-corrected chi connectivity index (χ4v) is 3.35. The van der Waals surface area contributed by atoms with E-state index in [4.69, 9.17) is 4.74 Å². The van der Waals surface area contributed by atoms with Crippen LogP contribution in [0.3, 0.4) is 0 Å². The number of hydrogen-bond acceptors (Lipinski definition) is 4. The fourth-order valence-electron chi connectivity index (χ4n) is 2.08. The number of nitrogens with one attached hydrogen (secondary N) is 1. The van der Waals surface area contributed by atoms with Gasteiger partial charge in [0.2, 0.25) is 0 Å². The number of ether oxygens (including phenoxy) is 1. The van der Waals surface area contributed by atoms with E-state index in [2.05, 4.69) is 61.2 Å². The minimum atomic E-state index is -0.339. The number of pyridine rings is 1. The van der Waals surface area contributed by atoms with Crippen LogP contribution in [0.5, 0.6) is 5.75 Å². The van der Waals surface area contributed by atoms with Crippen molar-refractivity contribution in [3.05, 3.63) is 56.2 Å². The van der Waals surface area contributed by atoms with Gasteiger partial charge in [-0.3, -0.25) is 9.78 Å². The summed E-state index contributed by atoms with van der Waals surface area (Å²) < 4.78 is 7.60. The van der Waals surface area contributed by atoms with Gasteiger partial charge in [0.25, 0.3) is 5.91 Å². The molecule has 0 spiro atoms. The average Bonchev–Trinajstić information content (AvgIpc) is 2.59. The van der Waals surface area contributed by atoms with Crippen LogP contribution >= 0.6 is 31.9 Å². The van der Waals surface area contributed by atoms with E-state index >= 15 is 0 Å². The molecular weight excluding hydrogens is 450 g/mol. The Morgan fingerprint density at radius 3 is 2.80 bits per heavy atom. The van der Waals surface area contributed by atoms with Crippen LogP contribution < -0.4 is 10.2 Å². The van der Waals surface area contributed by atoms with E-state index in [1.807, 2.05) is 25.1 Å². The van der Waals surface area contributed by atoms with Gasteiger partial charge in [0.15, 0.2) is 6.61 Å². The molecule has 2 rings (SSSR count). The Hall–Kier alpha value is -1.73. The van der Waals surface area contributed by atoms with E-state index in [1.54, 1.807) is 12.3 Å². The highest BCUT2D eigenvalue weighted by Crippen LogP contribution is 2.40. The van der Waals surface area contributed by atoms with Crippen molar-refractivity contribution in [1.82, 2.24) is 10.4 Å². The Balaban J connectivity index is 2.02. The van der Waals surface area contributed by atoms with Crippen molar-refractivity contribution < 1.29 is 9.53 Å².